The molecule has 1 aromatic heterocycles. The van der Waals surface area contributed by atoms with Gasteiger partial charge in [-0.2, -0.15) is 0 Å². The monoisotopic (exact) mass is 421 g/mol. The van der Waals surface area contributed by atoms with E-state index in [1.54, 1.807) is 6.08 Å². The second-order valence-corrected chi connectivity index (χ2v) is 8.53. The van der Waals surface area contributed by atoms with Gasteiger partial charge in [-0.05, 0) is 45.4 Å². The number of rotatable bonds is 8. The Morgan fingerprint density at radius 1 is 1.06 bits per heavy atom. The fourth-order valence-electron chi connectivity index (χ4n) is 4.27. The van der Waals surface area contributed by atoms with Crippen molar-refractivity contribution in [3.63, 3.8) is 0 Å². The first-order valence-electron chi connectivity index (χ1n) is 10.6. The molecule has 0 saturated heterocycles. The average Bonchev–Trinajstić information content (AvgIpc) is 2.99. The highest BCUT2D eigenvalue weighted by atomic mass is 16.4. The van der Waals surface area contributed by atoms with Gasteiger partial charge in [-0.3, -0.25) is 4.79 Å². The highest BCUT2D eigenvalue weighted by molar-refractivity contribution is 6.01. The van der Waals surface area contributed by atoms with E-state index >= 15 is 0 Å². The third-order valence-corrected chi connectivity index (χ3v) is 5.38. The van der Waals surface area contributed by atoms with E-state index < -0.39 is 18.2 Å². The number of hydrogen-bond acceptors (Lipinski definition) is 3. The number of aryl methyl sites for hydroxylation is 2. The maximum atomic E-state index is 10.8. The van der Waals surface area contributed by atoms with Crippen LogP contribution in [0.3, 0.4) is 0 Å². The molecule has 0 radical (unpaired) electrons. The molecule has 164 valence electrons. The minimum Gasteiger partial charge on any atom is -0.481 e. The van der Waals surface area contributed by atoms with Gasteiger partial charge in [0, 0.05) is 34.6 Å². The van der Waals surface area contributed by atoms with Gasteiger partial charge in [-0.15, -0.1) is 0 Å². The van der Waals surface area contributed by atoms with Crippen LogP contribution in [0.25, 0.3) is 28.1 Å². The Labute approximate surface area is 183 Å². The summed E-state index contributed by atoms with van der Waals surface area (Å²) in [5.41, 5.74) is 6.68. The van der Waals surface area contributed by atoms with Crippen LogP contribution in [-0.2, 0) is 4.79 Å². The van der Waals surface area contributed by atoms with Gasteiger partial charge in [0.1, 0.15) is 0 Å². The molecule has 3 aromatic rings. The highest BCUT2D eigenvalue weighted by Gasteiger charge is 2.19. The lowest BCUT2D eigenvalue weighted by Crippen LogP contribution is -2.19. The molecule has 2 aromatic carbocycles. The number of aliphatic carboxylic acids is 1. The molecule has 5 heteroatoms. The van der Waals surface area contributed by atoms with Crippen molar-refractivity contribution in [2.45, 2.75) is 58.8 Å². The van der Waals surface area contributed by atoms with E-state index in [4.69, 9.17) is 5.11 Å². The normalized spacial score (nSPS) is 13.9. The smallest absolute Gasteiger partial charge is 0.305 e. The van der Waals surface area contributed by atoms with E-state index in [1.165, 1.54) is 11.1 Å². The zero-order chi connectivity index (χ0) is 22.7. The number of aromatic nitrogens is 1. The fraction of sp³-hybridized carbons (Fsp3) is 0.346. The van der Waals surface area contributed by atoms with Crippen molar-refractivity contribution >= 4 is 22.9 Å². The lowest BCUT2D eigenvalue weighted by Gasteiger charge is -2.15. The zero-order valence-corrected chi connectivity index (χ0v) is 18.5. The summed E-state index contributed by atoms with van der Waals surface area (Å²) in [7, 11) is 0. The van der Waals surface area contributed by atoms with E-state index in [0.29, 0.717) is 0 Å². The molecule has 0 aliphatic rings. The van der Waals surface area contributed by atoms with Crippen LogP contribution in [-0.4, -0.2) is 38.1 Å². The molecule has 0 aliphatic heterocycles. The predicted octanol–water partition coefficient (Wildman–Crippen LogP) is 5.11. The maximum absolute atomic E-state index is 10.8. The standard InChI is InChI=1S/C26H31NO4/c1-16(2)27-23-8-6-5-7-22(23)26(19-12-17(3)11-18(4)13-19)24(27)10-9-20(28)14-21(29)15-25(30)31/h5-13,16,20-21,28-29H,14-15H2,1-4H3,(H,30,31). The van der Waals surface area contributed by atoms with Gasteiger partial charge in [-0.1, -0.05) is 53.6 Å². The van der Waals surface area contributed by atoms with E-state index in [0.717, 1.165) is 27.7 Å². The minimum absolute atomic E-state index is 0.0242. The number of carboxylic acids is 1. The van der Waals surface area contributed by atoms with Gasteiger partial charge in [0.2, 0.25) is 0 Å². The number of carboxylic acid groups (broad SMARTS) is 1. The Bertz CT molecular complexity index is 1090. The zero-order valence-electron chi connectivity index (χ0n) is 18.5. The molecule has 2 atom stereocenters. The fourth-order valence-corrected chi connectivity index (χ4v) is 4.27. The van der Waals surface area contributed by atoms with Gasteiger partial charge in [0.05, 0.1) is 18.6 Å². The van der Waals surface area contributed by atoms with Crippen LogP contribution in [0.4, 0.5) is 0 Å². The van der Waals surface area contributed by atoms with Crippen molar-refractivity contribution in [2.24, 2.45) is 0 Å². The number of carbonyl (C=O) groups is 1. The lowest BCUT2D eigenvalue weighted by molar-refractivity contribution is -0.139. The van der Waals surface area contributed by atoms with Crippen molar-refractivity contribution in [1.82, 2.24) is 4.57 Å². The Balaban J connectivity index is 2.13. The van der Waals surface area contributed by atoms with E-state index in [2.05, 4.69) is 62.6 Å². The Kier molecular flexibility index (Phi) is 6.98. The Morgan fingerprint density at radius 3 is 2.32 bits per heavy atom. The highest BCUT2D eigenvalue weighted by Crippen LogP contribution is 2.38. The van der Waals surface area contributed by atoms with Crippen LogP contribution in [0.5, 0.6) is 0 Å². The average molecular weight is 422 g/mol. The van der Waals surface area contributed by atoms with Gasteiger partial charge >= 0.3 is 5.97 Å². The third kappa shape index (κ3) is 5.24. The summed E-state index contributed by atoms with van der Waals surface area (Å²) < 4.78 is 2.25. The number of fused-ring (bicyclic) bond motifs is 1. The maximum Gasteiger partial charge on any atom is 0.305 e. The first-order chi connectivity index (χ1) is 14.7. The van der Waals surface area contributed by atoms with Crippen molar-refractivity contribution in [3.8, 4) is 11.1 Å². The van der Waals surface area contributed by atoms with Crippen LogP contribution in [0, 0.1) is 13.8 Å². The predicted molar refractivity (Wildman–Crippen MR) is 125 cm³/mol. The van der Waals surface area contributed by atoms with Crippen LogP contribution >= 0.6 is 0 Å². The molecule has 0 aliphatic carbocycles. The van der Waals surface area contributed by atoms with Crippen molar-refractivity contribution < 1.29 is 20.1 Å². The van der Waals surface area contributed by atoms with Crippen LogP contribution in [0.2, 0.25) is 0 Å². The quantitative estimate of drug-likeness (QED) is 0.472. The van der Waals surface area contributed by atoms with Crippen molar-refractivity contribution in [1.29, 1.82) is 0 Å². The third-order valence-electron chi connectivity index (χ3n) is 5.38. The Morgan fingerprint density at radius 2 is 1.71 bits per heavy atom. The topological polar surface area (TPSA) is 82.7 Å². The van der Waals surface area contributed by atoms with Crippen LogP contribution in [0.1, 0.15) is 49.6 Å². The number of benzene rings is 2. The number of aliphatic hydroxyl groups is 2. The molecule has 31 heavy (non-hydrogen) atoms. The molecule has 0 bridgehead atoms. The molecule has 0 spiro atoms. The van der Waals surface area contributed by atoms with Gasteiger partial charge in [0.25, 0.3) is 0 Å². The molecular weight excluding hydrogens is 390 g/mol. The molecule has 0 fully saturated rings. The van der Waals surface area contributed by atoms with Gasteiger partial charge in [-0.25, -0.2) is 0 Å². The van der Waals surface area contributed by atoms with E-state index in [1.807, 2.05) is 18.2 Å². The Hall–Kier alpha value is -2.89. The van der Waals surface area contributed by atoms with E-state index in [-0.39, 0.29) is 18.9 Å². The molecular formula is C26H31NO4. The summed E-state index contributed by atoms with van der Waals surface area (Å²) >= 11 is 0. The summed E-state index contributed by atoms with van der Waals surface area (Å²) in [6.07, 6.45) is 1.09. The van der Waals surface area contributed by atoms with Gasteiger partial charge in [0.15, 0.2) is 0 Å². The molecule has 0 amide bonds. The van der Waals surface area contributed by atoms with Crippen molar-refractivity contribution in [2.75, 3.05) is 0 Å². The number of para-hydroxylation sites is 1. The molecule has 2 unspecified atom stereocenters. The molecule has 5 nitrogen and oxygen atoms in total. The summed E-state index contributed by atoms with van der Waals surface area (Å²) in [4.78, 5) is 10.8. The van der Waals surface area contributed by atoms with Crippen LogP contribution in [0.15, 0.2) is 48.5 Å². The number of hydrogen-bond donors (Lipinski definition) is 3. The van der Waals surface area contributed by atoms with Crippen molar-refractivity contribution in [3.05, 3.63) is 65.4 Å². The van der Waals surface area contributed by atoms with E-state index in [9.17, 15) is 15.0 Å². The molecule has 1 heterocycles. The second kappa shape index (κ2) is 9.50. The molecule has 0 saturated carbocycles. The second-order valence-electron chi connectivity index (χ2n) is 8.53. The lowest BCUT2D eigenvalue weighted by atomic mass is 9.97. The van der Waals surface area contributed by atoms with Gasteiger partial charge < -0.3 is 19.9 Å². The SMILES string of the molecule is Cc1cc(C)cc(-c2c(C=CC(O)CC(O)CC(=O)O)n(C(C)C)c3ccccc23)c1. The summed E-state index contributed by atoms with van der Waals surface area (Å²) in [6.45, 7) is 8.42. The molecule has 3 N–H and O–H groups in total. The number of nitrogens with zero attached hydrogens (tertiary/aromatic N) is 1. The first kappa shape index (κ1) is 22.8. The largest absolute Gasteiger partial charge is 0.481 e. The molecule has 3 rings (SSSR count). The summed E-state index contributed by atoms with van der Waals surface area (Å²) in [5, 5.41) is 30.2. The first-order valence-corrected chi connectivity index (χ1v) is 10.6. The minimum atomic E-state index is -1.09. The summed E-state index contributed by atoms with van der Waals surface area (Å²) in [6, 6.07) is 15.0. The van der Waals surface area contributed by atoms with Crippen LogP contribution < -0.4 is 0 Å². The number of aliphatic hydroxyl groups excluding tert-OH is 2. The summed E-state index contributed by atoms with van der Waals surface area (Å²) in [5.74, 6) is -1.08.